The highest BCUT2D eigenvalue weighted by atomic mass is 16.5. The van der Waals surface area contributed by atoms with Gasteiger partial charge in [0, 0.05) is 32.8 Å². The minimum atomic E-state index is 0.440. The smallest absolute Gasteiger partial charge is 0.0713 e. The summed E-state index contributed by atoms with van der Waals surface area (Å²) >= 11 is 0. The van der Waals surface area contributed by atoms with Gasteiger partial charge in [0.05, 0.1) is 6.61 Å². The van der Waals surface area contributed by atoms with E-state index in [-0.39, 0.29) is 0 Å². The lowest BCUT2D eigenvalue weighted by Gasteiger charge is -2.18. The maximum Gasteiger partial charge on any atom is 0.0713 e. The normalized spacial score (nSPS) is 30.7. The first-order chi connectivity index (χ1) is 9.26. The third-order valence-electron chi connectivity index (χ3n) is 4.70. The molecule has 2 aliphatic rings. The first-order valence-corrected chi connectivity index (χ1v) is 7.31. The Morgan fingerprint density at radius 2 is 2.11 bits per heavy atom. The minimum Gasteiger partial charge on any atom is -0.380 e. The number of hydrogen-bond acceptors (Lipinski definition) is 3. The van der Waals surface area contributed by atoms with Gasteiger partial charge in [0.15, 0.2) is 0 Å². The summed E-state index contributed by atoms with van der Waals surface area (Å²) in [5, 5.41) is 0. The molecular weight excluding hydrogens is 236 g/mol. The van der Waals surface area contributed by atoms with Gasteiger partial charge in [0.2, 0.25) is 0 Å². The van der Waals surface area contributed by atoms with E-state index in [1.807, 2.05) is 0 Å². The molecule has 0 bridgehead atoms. The van der Waals surface area contributed by atoms with Crippen LogP contribution in [0.5, 0.6) is 0 Å². The molecule has 1 heterocycles. The van der Waals surface area contributed by atoms with Gasteiger partial charge in [-0.15, -0.1) is 0 Å². The Morgan fingerprint density at radius 3 is 2.89 bits per heavy atom. The van der Waals surface area contributed by atoms with E-state index in [0.717, 1.165) is 18.4 Å². The first-order valence-electron chi connectivity index (χ1n) is 7.31. The van der Waals surface area contributed by atoms with Crippen LogP contribution in [-0.2, 0) is 17.9 Å². The van der Waals surface area contributed by atoms with Gasteiger partial charge >= 0.3 is 0 Å². The summed E-state index contributed by atoms with van der Waals surface area (Å²) in [4.78, 5) is 2.57. The molecule has 0 aromatic heterocycles. The molecule has 2 N–H and O–H groups in total. The van der Waals surface area contributed by atoms with Crippen molar-refractivity contribution in [1.82, 2.24) is 4.90 Å². The monoisotopic (exact) mass is 260 g/mol. The van der Waals surface area contributed by atoms with Crippen LogP contribution in [-0.4, -0.2) is 31.1 Å². The largest absolute Gasteiger partial charge is 0.380 e. The third kappa shape index (κ3) is 2.83. The summed E-state index contributed by atoms with van der Waals surface area (Å²) in [5.74, 6) is 1.58. The van der Waals surface area contributed by atoms with Gasteiger partial charge in [-0.25, -0.2) is 0 Å². The van der Waals surface area contributed by atoms with Gasteiger partial charge in [-0.05, 0) is 35.8 Å². The fourth-order valence-electron chi connectivity index (χ4n) is 3.77. The summed E-state index contributed by atoms with van der Waals surface area (Å²) in [6.45, 7) is 4.16. The second-order valence-corrected chi connectivity index (χ2v) is 6.11. The topological polar surface area (TPSA) is 38.5 Å². The van der Waals surface area contributed by atoms with Crippen LogP contribution in [0.15, 0.2) is 24.3 Å². The van der Waals surface area contributed by atoms with Crippen LogP contribution in [0.4, 0.5) is 0 Å². The lowest BCUT2D eigenvalue weighted by atomic mass is 9.98. The second kappa shape index (κ2) is 5.61. The Balaban J connectivity index is 1.61. The molecule has 3 heteroatoms. The number of nitrogens with zero attached hydrogens (tertiary/aromatic N) is 1. The van der Waals surface area contributed by atoms with Crippen LogP contribution in [0.25, 0.3) is 0 Å². The Labute approximate surface area is 115 Å². The predicted octanol–water partition coefficient (Wildman–Crippen LogP) is 2.00. The molecule has 104 valence electrons. The lowest BCUT2D eigenvalue weighted by molar-refractivity contribution is 0.184. The SMILES string of the molecule is COCc1cccc(CN2CC3CCC(N)C3C2)c1. The van der Waals surface area contributed by atoms with E-state index < -0.39 is 0 Å². The van der Waals surface area contributed by atoms with Crippen molar-refractivity contribution in [2.24, 2.45) is 17.6 Å². The number of nitrogens with two attached hydrogens (primary N) is 1. The third-order valence-corrected chi connectivity index (χ3v) is 4.70. The number of hydrogen-bond donors (Lipinski definition) is 1. The first kappa shape index (κ1) is 13.1. The average Bonchev–Trinajstić information content (AvgIpc) is 2.93. The van der Waals surface area contributed by atoms with Gasteiger partial charge in [-0.3, -0.25) is 4.90 Å². The molecule has 1 aromatic rings. The molecule has 0 amide bonds. The highest BCUT2D eigenvalue weighted by Crippen LogP contribution is 2.37. The Bertz CT molecular complexity index is 435. The van der Waals surface area contributed by atoms with E-state index in [1.54, 1.807) is 7.11 Å². The van der Waals surface area contributed by atoms with E-state index in [1.165, 1.54) is 37.1 Å². The number of likely N-dealkylation sites (tertiary alicyclic amines) is 1. The zero-order valence-corrected chi connectivity index (χ0v) is 11.7. The summed E-state index contributed by atoms with van der Waals surface area (Å²) in [5.41, 5.74) is 8.85. The van der Waals surface area contributed by atoms with Crippen molar-refractivity contribution < 1.29 is 4.74 Å². The molecule has 1 saturated carbocycles. The quantitative estimate of drug-likeness (QED) is 0.900. The van der Waals surface area contributed by atoms with Crippen LogP contribution >= 0.6 is 0 Å². The van der Waals surface area contributed by atoms with Crippen LogP contribution < -0.4 is 5.73 Å². The zero-order chi connectivity index (χ0) is 13.2. The highest BCUT2D eigenvalue weighted by molar-refractivity contribution is 5.23. The molecule has 3 nitrogen and oxygen atoms in total. The molecule has 2 fully saturated rings. The Morgan fingerprint density at radius 1 is 1.26 bits per heavy atom. The van der Waals surface area contributed by atoms with Crippen molar-refractivity contribution in [1.29, 1.82) is 0 Å². The van der Waals surface area contributed by atoms with E-state index in [9.17, 15) is 0 Å². The number of fused-ring (bicyclic) bond motifs is 1. The van der Waals surface area contributed by atoms with E-state index in [0.29, 0.717) is 12.6 Å². The summed E-state index contributed by atoms with van der Waals surface area (Å²) in [6, 6.07) is 9.17. The maximum atomic E-state index is 6.20. The maximum absolute atomic E-state index is 6.20. The standard InChI is InChI=1S/C16H24N2O/c1-19-11-13-4-2-3-12(7-13)8-18-9-14-5-6-16(17)15(14)10-18/h2-4,7,14-16H,5-6,8-11,17H2,1H3. The molecule has 3 unspecified atom stereocenters. The van der Waals surface area contributed by atoms with Crippen molar-refractivity contribution in [3.05, 3.63) is 35.4 Å². The molecule has 1 saturated heterocycles. The number of ether oxygens (including phenoxy) is 1. The molecule has 3 atom stereocenters. The summed E-state index contributed by atoms with van der Waals surface area (Å²) in [7, 11) is 1.75. The number of methoxy groups -OCH3 is 1. The van der Waals surface area contributed by atoms with Gasteiger partial charge in [0.1, 0.15) is 0 Å². The van der Waals surface area contributed by atoms with Crippen molar-refractivity contribution in [2.75, 3.05) is 20.2 Å². The van der Waals surface area contributed by atoms with Crippen LogP contribution in [0.3, 0.4) is 0 Å². The Hall–Kier alpha value is -0.900. The lowest BCUT2D eigenvalue weighted by Crippen LogP contribution is -2.30. The van der Waals surface area contributed by atoms with Gasteiger partial charge in [0.25, 0.3) is 0 Å². The molecule has 19 heavy (non-hydrogen) atoms. The molecule has 0 radical (unpaired) electrons. The van der Waals surface area contributed by atoms with Crippen LogP contribution in [0.2, 0.25) is 0 Å². The van der Waals surface area contributed by atoms with Gasteiger partial charge in [-0.2, -0.15) is 0 Å². The van der Waals surface area contributed by atoms with Gasteiger partial charge in [-0.1, -0.05) is 24.3 Å². The molecule has 1 aliphatic carbocycles. The van der Waals surface area contributed by atoms with Crippen LogP contribution in [0, 0.1) is 11.8 Å². The summed E-state index contributed by atoms with van der Waals surface area (Å²) in [6.07, 6.45) is 2.55. The van der Waals surface area contributed by atoms with E-state index >= 15 is 0 Å². The fraction of sp³-hybridized carbons (Fsp3) is 0.625. The molecule has 1 aliphatic heterocycles. The predicted molar refractivity (Wildman–Crippen MR) is 76.6 cm³/mol. The van der Waals surface area contributed by atoms with Crippen molar-refractivity contribution >= 4 is 0 Å². The van der Waals surface area contributed by atoms with Crippen molar-refractivity contribution in [3.8, 4) is 0 Å². The molecular formula is C16H24N2O. The highest BCUT2D eigenvalue weighted by Gasteiger charge is 2.40. The number of rotatable bonds is 4. The van der Waals surface area contributed by atoms with Crippen molar-refractivity contribution in [3.63, 3.8) is 0 Å². The zero-order valence-electron chi connectivity index (χ0n) is 11.7. The molecule has 1 aromatic carbocycles. The van der Waals surface area contributed by atoms with Crippen molar-refractivity contribution in [2.45, 2.75) is 32.0 Å². The molecule has 0 spiro atoms. The minimum absolute atomic E-state index is 0.440. The second-order valence-electron chi connectivity index (χ2n) is 6.11. The van der Waals surface area contributed by atoms with E-state index in [4.69, 9.17) is 10.5 Å². The van der Waals surface area contributed by atoms with E-state index in [2.05, 4.69) is 29.2 Å². The average molecular weight is 260 g/mol. The molecule has 3 rings (SSSR count). The Kier molecular flexibility index (Phi) is 3.87. The van der Waals surface area contributed by atoms with Crippen LogP contribution in [0.1, 0.15) is 24.0 Å². The fourth-order valence-corrected chi connectivity index (χ4v) is 3.77. The summed E-state index contributed by atoms with van der Waals surface area (Å²) < 4.78 is 5.20. The number of benzene rings is 1. The van der Waals surface area contributed by atoms with Gasteiger partial charge < -0.3 is 10.5 Å².